The maximum Gasteiger partial charge on any atom is 0.336 e. The molecular formula is C12H8N4O4. The fourth-order valence-electron chi connectivity index (χ4n) is 2.03. The van der Waals surface area contributed by atoms with E-state index < -0.39 is 0 Å². The molecule has 0 unspecified atom stereocenters. The molecule has 2 heterocycles. The van der Waals surface area contributed by atoms with Crippen molar-refractivity contribution < 1.29 is 19.9 Å². The molecule has 8 nitrogen and oxygen atoms in total. The van der Waals surface area contributed by atoms with Crippen LogP contribution in [0.5, 0.6) is 0 Å². The molecule has 0 amide bonds. The highest BCUT2D eigenvalue weighted by atomic mass is 16.5. The van der Waals surface area contributed by atoms with Crippen molar-refractivity contribution >= 4 is 0 Å². The van der Waals surface area contributed by atoms with E-state index in [-0.39, 0.29) is 11.6 Å². The second-order valence-corrected chi connectivity index (χ2v) is 4.13. The van der Waals surface area contributed by atoms with Gasteiger partial charge in [0, 0.05) is 9.46 Å². The van der Waals surface area contributed by atoms with E-state index in [1.165, 1.54) is 6.07 Å². The molecule has 0 aliphatic rings. The third-order valence-electron chi connectivity index (χ3n) is 2.89. The maximum atomic E-state index is 11.5. The van der Waals surface area contributed by atoms with Gasteiger partial charge in [-0.1, -0.05) is 16.5 Å². The minimum absolute atomic E-state index is 0.117. The normalized spacial score (nSPS) is 10.8. The van der Waals surface area contributed by atoms with Crippen LogP contribution in [0.4, 0.5) is 0 Å². The minimum Gasteiger partial charge on any atom is -0.710 e. The molecule has 0 fully saturated rings. The summed E-state index contributed by atoms with van der Waals surface area (Å²) >= 11 is 0. The topological polar surface area (TPSA) is 104 Å². The summed E-state index contributed by atoms with van der Waals surface area (Å²) in [5, 5.41) is 46.1. The predicted octanol–water partition coefficient (Wildman–Crippen LogP) is 0.278. The van der Waals surface area contributed by atoms with Crippen molar-refractivity contribution in [3.63, 3.8) is 0 Å². The van der Waals surface area contributed by atoms with Crippen molar-refractivity contribution in [3.8, 4) is 22.8 Å². The largest absolute Gasteiger partial charge is 0.710 e. The van der Waals surface area contributed by atoms with E-state index in [0.717, 1.165) is 24.8 Å². The fraction of sp³-hybridized carbons (Fsp3) is 0. The first-order chi connectivity index (χ1) is 9.58. The van der Waals surface area contributed by atoms with Crippen LogP contribution in [0.1, 0.15) is 0 Å². The summed E-state index contributed by atoms with van der Waals surface area (Å²) in [5.74, 6) is -0.235. The van der Waals surface area contributed by atoms with Crippen molar-refractivity contribution in [1.29, 1.82) is 0 Å². The lowest BCUT2D eigenvalue weighted by Crippen LogP contribution is -2.27. The first-order valence-electron chi connectivity index (χ1n) is 5.65. The summed E-state index contributed by atoms with van der Waals surface area (Å²) < 4.78 is 1.70. The number of rotatable bonds is 2. The van der Waals surface area contributed by atoms with Crippen LogP contribution in [0.25, 0.3) is 22.8 Å². The molecule has 2 aromatic heterocycles. The number of nitrogens with zero attached hydrogens (tertiary/aromatic N) is 4. The molecule has 0 aliphatic carbocycles. The fourth-order valence-corrected chi connectivity index (χ4v) is 2.03. The molecular weight excluding hydrogens is 264 g/mol. The van der Waals surface area contributed by atoms with Gasteiger partial charge in [0.15, 0.2) is 12.4 Å². The van der Waals surface area contributed by atoms with Crippen LogP contribution in [-0.4, -0.2) is 9.46 Å². The molecule has 3 rings (SSSR count). The highest BCUT2D eigenvalue weighted by Gasteiger charge is 2.21. The van der Waals surface area contributed by atoms with Crippen molar-refractivity contribution in [2.75, 3.05) is 0 Å². The summed E-state index contributed by atoms with van der Waals surface area (Å²) in [6.07, 6.45) is 4.33. The Morgan fingerprint density at radius 3 is 1.65 bits per heavy atom. The van der Waals surface area contributed by atoms with E-state index in [4.69, 9.17) is 0 Å². The lowest BCUT2D eigenvalue weighted by atomic mass is 10.1. The van der Waals surface area contributed by atoms with Gasteiger partial charge < -0.3 is 10.4 Å². The number of aromatic nitrogens is 4. The van der Waals surface area contributed by atoms with Crippen LogP contribution >= 0.6 is 0 Å². The SMILES string of the molecule is [O]n1cc[n+]([O-])c1-c1cccc(-c2n([O])cc[n+]2[O-])c1. The Balaban J connectivity index is 2.16. The minimum atomic E-state index is -0.117. The number of imidazole rings is 2. The number of benzene rings is 1. The molecule has 0 aliphatic heterocycles. The summed E-state index contributed by atoms with van der Waals surface area (Å²) in [6, 6.07) is 6.10. The van der Waals surface area contributed by atoms with Crippen molar-refractivity contribution in [1.82, 2.24) is 9.46 Å². The van der Waals surface area contributed by atoms with Crippen LogP contribution in [0, 0.1) is 10.4 Å². The van der Waals surface area contributed by atoms with Crippen molar-refractivity contribution in [3.05, 3.63) is 59.5 Å². The molecule has 100 valence electrons. The molecule has 1 aromatic carbocycles. The third kappa shape index (κ3) is 1.70. The zero-order valence-electron chi connectivity index (χ0n) is 10.0. The maximum absolute atomic E-state index is 11.5. The first-order valence-corrected chi connectivity index (χ1v) is 5.65. The van der Waals surface area contributed by atoms with Gasteiger partial charge in [-0.15, -0.1) is 0 Å². The summed E-state index contributed by atoms with van der Waals surface area (Å²) in [5.41, 5.74) is 0.636. The molecule has 0 atom stereocenters. The average Bonchev–Trinajstić information content (AvgIpc) is 2.93. The van der Waals surface area contributed by atoms with Gasteiger partial charge >= 0.3 is 11.6 Å². The Bertz CT molecular complexity index is 677. The molecule has 0 N–H and O–H groups in total. The first kappa shape index (κ1) is 11.9. The van der Waals surface area contributed by atoms with Crippen LogP contribution in [0.2, 0.25) is 0 Å². The number of hydrogen-bond donors (Lipinski definition) is 0. The second-order valence-electron chi connectivity index (χ2n) is 4.13. The van der Waals surface area contributed by atoms with Gasteiger partial charge in [0.05, 0.1) is 11.1 Å². The predicted molar refractivity (Wildman–Crippen MR) is 63.4 cm³/mol. The zero-order valence-corrected chi connectivity index (χ0v) is 10.0. The summed E-state index contributed by atoms with van der Waals surface area (Å²) in [4.78, 5) is 0. The van der Waals surface area contributed by atoms with E-state index in [9.17, 15) is 20.8 Å². The zero-order chi connectivity index (χ0) is 14.3. The highest BCUT2D eigenvalue weighted by Crippen LogP contribution is 2.22. The van der Waals surface area contributed by atoms with Gasteiger partial charge in [-0.3, -0.25) is 0 Å². The van der Waals surface area contributed by atoms with Crippen molar-refractivity contribution in [2.45, 2.75) is 0 Å². The van der Waals surface area contributed by atoms with E-state index in [1.54, 1.807) is 18.2 Å². The van der Waals surface area contributed by atoms with Crippen LogP contribution in [0.15, 0.2) is 49.1 Å². The Hall–Kier alpha value is -3.16. The van der Waals surface area contributed by atoms with E-state index in [0.29, 0.717) is 30.0 Å². The van der Waals surface area contributed by atoms with Crippen LogP contribution < -0.4 is 9.46 Å². The van der Waals surface area contributed by atoms with Gasteiger partial charge in [-0.25, -0.2) is 9.46 Å². The lowest BCUT2D eigenvalue weighted by molar-refractivity contribution is -0.594. The van der Waals surface area contributed by atoms with Gasteiger partial charge in [0.25, 0.3) is 0 Å². The molecule has 0 saturated heterocycles. The summed E-state index contributed by atoms with van der Waals surface area (Å²) in [7, 11) is 0. The van der Waals surface area contributed by atoms with E-state index in [2.05, 4.69) is 0 Å². The quantitative estimate of drug-likeness (QED) is 0.493. The van der Waals surface area contributed by atoms with Gasteiger partial charge in [0.1, 0.15) is 12.4 Å². The molecule has 0 spiro atoms. The Labute approximate surface area is 112 Å². The molecule has 0 saturated carbocycles. The van der Waals surface area contributed by atoms with E-state index >= 15 is 0 Å². The molecule has 20 heavy (non-hydrogen) atoms. The lowest BCUT2D eigenvalue weighted by Gasteiger charge is -2.04. The molecule has 8 heteroatoms. The monoisotopic (exact) mass is 272 g/mol. The highest BCUT2D eigenvalue weighted by molar-refractivity contribution is 5.64. The van der Waals surface area contributed by atoms with E-state index in [1.807, 2.05) is 0 Å². The number of hydrogen-bond acceptors (Lipinski definition) is 2. The van der Waals surface area contributed by atoms with Gasteiger partial charge in [0.2, 0.25) is 0 Å². The molecule has 2 radical (unpaired) electrons. The Kier molecular flexibility index (Phi) is 2.50. The van der Waals surface area contributed by atoms with Crippen LogP contribution in [0.3, 0.4) is 0 Å². The van der Waals surface area contributed by atoms with Gasteiger partial charge in [-0.05, 0) is 18.2 Å². The standard InChI is InChI=1S/C12H8N4O4/c17-13-4-5-14(18)11(13)9-2-1-3-10(8-9)12-15(19)6-7-16(12)20/h1-8H. The Morgan fingerprint density at radius 2 is 1.30 bits per heavy atom. The molecule has 3 aromatic rings. The smallest absolute Gasteiger partial charge is 0.336 e. The average molecular weight is 272 g/mol. The van der Waals surface area contributed by atoms with Crippen molar-refractivity contribution in [2.24, 2.45) is 0 Å². The Morgan fingerprint density at radius 1 is 0.850 bits per heavy atom. The summed E-state index contributed by atoms with van der Waals surface area (Å²) in [6.45, 7) is 0. The molecule has 0 bridgehead atoms. The second kappa shape index (κ2) is 4.19. The third-order valence-corrected chi connectivity index (χ3v) is 2.89. The van der Waals surface area contributed by atoms with Crippen LogP contribution in [-0.2, 0) is 10.4 Å². The van der Waals surface area contributed by atoms with Gasteiger partial charge in [-0.2, -0.15) is 0 Å².